The predicted molar refractivity (Wildman–Crippen MR) is 89.7 cm³/mol. The number of benzene rings is 2. The largest absolute Gasteiger partial charge is 0.422 e. The first-order valence-electron chi connectivity index (χ1n) is 7.50. The van der Waals surface area contributed by atoms with Gasteiger partial charge in [0, 0.05) is 24.0 Å². The Morgan fingerprint density at radius 2 is 1.60 bits per heavy atom. The molecular formula is C19H14F2N2O2. The summed E-state index contributed by atoms with van der Waals surface area (Å²) in [4.78, 5) is 16.2. The molecule has 0 spiro atoms. The lowest BCUT2D eigenvalue weighted by molar-refractivity contribution is 0.0690. The first-order chi connectivity index (χ1) is 12.1. The van der Waals surface area contributed by atoms with E-state index >= 15 is 0 Å². The third-order valence-corrected chi connectivity index (χ3v) is 3.44. The molecule has 0 saturated heterocycles. The maximum atomic E-state index is 13.0. The summed E-state index contributed by atoms with van der Waals surface area (Å²) in [5, 5.41) is 0. The minimum Gasteiger partial charge on any atom is -0.422 e. The molecule has 2 aromatic carbocycles. The minimum atomic E-state index is -2.74. The molecule has 3 rings (SSSR count). The summed E-state index contributed by atoms with van der Waals surface area (Å²) in [6.07, 6.45) is 3.75. The molecule has 0 aliphatic carbocycles. The molecule has 0 atom stereocenters. The summed E-state index contributed by atoms with van der Waals surface area (Å²) in [6, 6.07) is 17.2. The van der Waals surface area contributed by atoms with Gasteiger partial charge in [0.1, 0.15) is 11.6 Å². The zero-order valence-electron chi connectivity index (χ0n) is 13.0. The van der Waals surface area contributed by atoms with Crippen LogP contribution >= 0.6 is 0 Å². The number of esters is 1. The van der Waals surface area contributed by atoms with Crippen LogP contribution in [0.15, 0.2) is 73.1 Å². The molecule has 126 valence electrons. The first kappa shape index (κ1) is 16.6. The second kappa shape index (κ2) is 7.53. The fourth-order valence-electron chi connectivity index (χ4n) is 2.23. The van der Waals surface area contributed by atoms with Crippen molar-refractivity contribution in [2.45, 2.75) is 6.55 Å². The highest BCUT2D eigenvalue weighted by Gasteiger charge is 2.15. The van der Waals surface area contributed by atoms with E-state index in [4.69, 9.17) is 4.74 Å². The topological polar surface area (TPSA) is 44.1 Å². The lowest BCUT2D eigenvalue weighted by Crippen LogP contribution is -2.06. The third-order valence-electron chi connectivity index (χ3n) is 3.44. The third kappa shape index (κ3) is 3.98. The van der Waals surface area contributed by atoms with Gasteiger partial charge in [-0.25, -0.2) is 9.78 Å². The fraction of sp³-hybridized carbons (Fsp3) is 0.0526. The molecule has 4 nitrogen and oxygen atoms in total. The molecule has 3 aromatic rings. The van der Waals surface area contributed by atoms with Crippen LogP contribution in [0.2, 0.25) is 0 Å². The maximum Gasteiger partial charge on any atom is 0.343 e. The highest BCUT2D eigenvalue weighted by molar-refractivity contribution is 5.95. The molecule has 1 aromatic heterocycles. The van der Waals surface area contributed by atoms with Crippen LogP contribution in [0.1, 0.15) is 28.3 Å². The number of carbonyl (C=O) groups is 1. The summed E-state index contributed by atoms with van der Waals surface area (Å²) in [6.45, 7) is -2.74. The Kier molecular flexibility index (Phi) is 4.99. The summed E-state index contributed by atoms with van der Waals surface area (Å²) >= 11 is 0. The molecule has 0 bridgehead atoms. The van der Waals surface area contributed by atoms with Crippen molar-refractivity contribution in [1.82, 2.24) is 9.55 Å². The van der Waals surface area contributed by atoms with Gasteiger partial charge in [-0.1, -0.05) is 48.5 Å². The van der Waals surface area contributed by atoms with E-state index in [2.05, 4.69) is 4.98 Å². The van der Waals surface area contributed by atoms with Crippen molar-refractivity contribution in [3.8, 4) is 0 Å². The van der Waals surface area contributed by atoms with Gasteiger partial charge < -0.3 is 4.74 Å². The van der Waals surface area contributed by atoms with E-state index in [1.54, 1.807) is 60.7 Å². The molecule has 0 aliphatic rings. The quantitative estimate of drug-likeness (QED) is 0.502. The Hall–Kier alpha value is -3.28. The van der Waals surface area contributed by atoms with E-state index in [0.717, 1.165) is 6.20 Å². The van der Waals surface area contributed by atoms with Crippen LogP contribution < -0.4 is 0 Å². The van der Waals surface area contributed by atoms with Crippen LogP contribution in [0.3, 0.4) is 0 Å². The molecule has 6 heteroatoms. The van der Waals surface area contributed by atoms with Gasteiger partial charge in [-0.3, -0.25) is 4.57 Å². The average molecular weight is 340 g/mol. The van der Waals surface area contributed by atoms with Crippen molar-refractivity contribution in [1.29, 1.82) is 0 Å². The van der Waals surface area contributed by atoms with Crippen LogP contribution in [0, 0.1) is 0 Å². The number of hydrogen-bond acceptors (Lipinski definition) is 3. The van der Waals surface area contributed by atoms with Crippen molar-refractivity contribution in [3.63, 3.8) is 0 Å². The van der Waals surface area contributed by atoms with Gasteiger partial charge in [0.25, 0.3) is 0 Å². The molecular weight excluding hydrogens is 326 g/mol. The Morgan fingerprint density at radius 3 is 2.20 bits per heavy atom. The molecule has 25 heavy (non-hydrogen) atoms. The van der Waals surface area contributed by atoms with E-state index in [9.17, 15) is 13.6 Å². The number of halogens is 2. The summed E-state index contributed by atoms with van der Waals surface area (Å²) in [5.74, 6) is -0.442. The summed E-state index contributed by atoms with van der Waals surface area (Å²) < 4.78 is 32.2. The summed E-state index contributed by atoms with van der Waals surface area (Å²) in [5.41, 5.74) is 0.942. The number of imidazole rings is 1. The van der Waals surface area contributed by atoms with Gasteiger partial charge in [0.15, 0.2) is 0 Å². The van der Waals surface area contributed by atoms with Crippen molar-refractivity contribution in [2.24, 2.45) is 0 Å². The van der Waals surface area contributed by atoms with Crippen molar-refractivity contribution in [2.75, 3.05) is 0 Å². The molecule has 0 N–H and O–H groups in total. The Balaban J connectivity index is 1.97. The smallest absolute Gasteiger partial charge is 0.343 e. The normalized spacial score (nSPS) is 11.6. The number of carbonyl (C=O) groups excluding carboxylic acids is 1. The molecule has 0 amide bonds. The number of rotatable bonds is 5. The standard InChI is InChI=1S/C19H14F2N2O2/c20-19(21)23-12-11-22-17(23)13-16(14-7-3-1-4-8-14)25-18(24)15-9-5-2-6-10-15/h1-13,19H. The van der Waals surface area contributed by atoms with Gasteiger partial charge in [-0.15, -0.1) is 0 Å². The van der Waals surface area contributed by atoms with E-state index in [1.165, 1.54) is 12.3 Å². The lowest BCUT2D eigenvalue weighted by Gasteiger charge is -2.10. The second-order valence-electron chi connectivity index (χ2n) is 5.10. The van der Waals surface area contributed by atoms with Gasteiger partial charge in [0.2, 0.25) is 0 Å². The SMILES string of the molecule is O=C(OC(=Cc1nccn1C(F)F)c1ccccc1)c1ccccc1. The maximum absolute atomic E-state index is 13.0. The van der Waals surface area contributed by atoms with Gasteiger partial charge >= 0.3 is 12.5 Å². The van der Waals surface area contributed by atoms with Gasteiger partial charge in [0.05, 0.1) is 5.56 Å². The zero-order valence-corrected chi connectivity index (χ0v) is 13.0. The highest BCUT2D eigenvalue weighted by atomic mass is 19.3. The molecule has 0 saturated carbocycles. The Morgan fingerprint density at radius 1 is 1.00 bits per heavy atom. The Bertz CT molecular complexity index is 875. The van der Waals surface area contributed by atoms with Crippen LogP contribution in [0.4, 0.5) is 8.78 Å². The number of aromatic nitrogens is 2. The lowest BCUT2D eigenvalue weighted by atomic mass is 10.1. The molecule has 0 aliphatic heterocycles. The molecule has 0 radical (unpaired) electrons. The van der Waals surface area contributed by atoms with Crippen LogP contribution in [-0.2, 0) is 4.74 Å². The Labute approximate surface area is 143 Å². The molecule has 1 heterocycles. The van der Waals surface area contributed by atoms with Crippen molar-refractivity contribution in [3.05, 3.63) is 90.0 Å². The van der Waals surface area contributed by atoms with E-state index in [0.29, 0.717) is 15.7 Å². The number of nitrogens with zero attached hydrogens (tertiary/aromatic N) is 2. The number of hydrogen-bond donors (Lipinski definition) is 0. The average Bonchev–Trinajstić information content (AvgIpc) is 3.11. The van der Waals surface area contributed by atoms with Crippen LogP contribution in [0.5, 0.6) is 0 Å². The number of ether oxygens (including phenoxy) is 1. The van der Waals surface area contributed by atoms with Crippen molar-refractivity contribution >= 4 is 17.8 Å². The predicted octanol–water partition coefficient (Wildman–Crippen LogP) is 4.63. The molecule has 0 fully saturated rings. The summed E-state index contributed by atoms with van der Waals surface area (Å²) in [7, 11) is 0. The monoisotopic (exact) mass is 340 g/mol. The van der Waals surface area contributed by atoms with Gasteiger partial charge in [-0.2, -0.15) is 8.78 Å². The second-order valence-corrected chi connectivity index (χ2v) is 5.10. The van der Waals surface area contributed by atoms with E-state index in [-0.39, 0.29) is 11.6 Å². The van der Waals surface area contributed by atoms with E-state index in [1.807, 2.05) is 0 Å². The number of alkyl halides is 2. The molecule has 0 unspecified atom stereocenters. The highest BCUT2D eigenvalue weighted by Crippen LogP contribution is 2.22. The minimum absolute atomic E-state index is 0.00489. The zero-order chi connectivity index (χ0) is 17.6. The first-order valence-corrected chi connectivity index (χ1v) is 7.50. The van der Waals surface area contributed by atoms with Crippen LogP contribution in [-0.4, -0.2) is 15.5 Å². The van der Waals surface area contributed by atoms with Crippen molar-refractivity contribution < 1.29 is 18.3 Å². The van der Waals surface area contributed by atoms with E-state index < -0.39 is 12.5 Å². The van der Waals surface area contributed by atoms with Crippen LogP contribution in [0.25, 0.3) is 11.8 Å². The fourth-order valence-corrected chi connectivity index (χ4v) is 2.23. The van der Waals surface area contributed by atoms with Gasteiger partial charge in [-0.05, 0) is 12.1 Å².